The predicted octanol–water partition coefficient (Wildman–Crippen LogP) is 0.446. The van der Waals surface area contributed by atoms with Crippen LogP contribution < -0.4 is 10.2 Å². The molecule has 1 fully saturated rings. The number of rotatable bonds is 1. The molecule has 1 aliphatic rings. The van der Waals surface area contributed by atoms with Crippen molar-refractivity contribution in [1.82, 2.24) is 10.3 Å². The molecule has 1 aromatic rings. The molecule has 14 heavy (non-hydrogen) atoms. The van der Waals surface area contributed by atoms with Crippen LogP contribution in [0.15, 0.2) is 18.5 Å². The van der Waals surface area contributed by atoms with Crippen LogP contribution in [0.2, 0.25) is 0 Å². The second-order valence-corrected chi connectivity index (χ2v) is 3.05. The van der Waals surface area contributed by atoms with Gasteiger partial charge in [-0.15, -0.1) is 0 Å². The van der Waals surface area contributed by atoms with Gasteiger partial charge in [0.15, 0.2) is 0 Å². The van der Waals surface area contributed by atoms with Crippen molar-refractivity contribution in [2.45, 2.75) is 6.92 Å². The van der Waals surface area contributed by atoms with Crippen LogP contribution in [0.3, 0.4) is 0 Å². The minimum atomic E-state index is -0.383. The lowest BCUT2D eigenvalue weighted by atomic mass is 10.2. The molecule has 0 aromatic carbocycles. The highest BCUT2D eigenvalue weighted by Crippen LogP contribution is 2.19. The van der Waals surface area contributed by atoms with Crippen molar-refractivity contribution in [3.8, 4) is 0 Å². The lowest BCUT2D eigenvalue weighted by Gasteiger charge is -2.13. The van der Waals surface area contributed by atoms with Crippen LogP contribution in [0, 0.1) is 6.92 Å². The average molecular weight is 191 g/mol. The third kappa shape index (κ3) is 1.22. The van der Waals surface area contributed by atoms with Gasteiger partial charge in [0.1, 0.15) is 0 Å². The molecular formula is C9H9N3O2. The minimum absolute atomic E-state index is 0.0627. The Morgan fingerprint density at radius 3 is 2.86 bits per heavy atom. The minimum Gasteiger partial charge on any atom is -0.328 e. The molecule has 0 saturated carbocycles. The molecular weight excluding hydrogens is 182 g/mol. The monoisotopic (exact) mass is 191 g/mol. The van der Waals surface area contributed by atoms with Gasteiger partial charge in [0.25, 0.3) is 5.91 Å². The molecule has 1 saturated heterocycles. The summed E-state index contributed by atoms with van der Waals surface area (Å²) in [5.41, 5.74) is 1.40. The Morgan fingerprint density at radius 1 is 1.50 bits per heavy atom. The molecule has 0 bridgehead atoms. The van der Waals surface area contributed by atoms with Gasteiger partial charge >= 0.3 is 6.03 Å². The van der Waals surface area contributed by atoms with E-state index in [0.29, 0.717) is 5.69 Å². The van der Waals surface area contributed by atoms with Gasteiger partial charge in [-0.25, -0.2) is 9.69 Å². The van der Waals surface area contributed by atoms with Gasteiger partial charge in [-0.05, 0) is 18.6 Å². The smallest absolute Gasteiger partial charge is 0.328 e. The number of nitrogens with one attached hydrogen (secondary N) is 1. The van der Waals surface area contributed by atoms with E-state index < -0.39 is 0 Å². The van der Waals surface area contributed by atoms with E-state index in [2.05, 4.69) is 10.3 Å². The van der Waals surface area contributed by atoms with Crippen molar-refractivity contribution in [3.63, 3.8) is 0 Å². The first kappa shape index (κ1) is 8.68. The number of anilines is 1. The number of carbonyl (C=O) groups is 2. The van der Waals surface area contributed by atoms with Gasteiger partial charge in [-0.3, -0.25) is 9.78 Å². The highest BCUT2D eigenvalue weighted by atomic mass is 16.2. The second-order valence-electron chi connectivity index (χ2n) is 3.05. The Morgan fingerprint density at radius 2 is 2.29 bits per heavy atom. The van der Waals surface area contributed by atoms with Crippen LogP contribution in [-0.4, -0.2) is 23.5 Å². The summed E-state index contributed by atoms with van der Waals surface area (Å²) in [6.45, 7) is 1.89. The van der Waals surface area contributed by atoms with Gasteiger partial charge in [-0.2, -0.15) is 0 Å². The Labute approximate surface area is 80.7 Å². The summed E-state index contributed by atoms with van der Waals surface area (Å²) in [7, 11) is 0. The number of aromatic nitrogens is 1. The zero-order valence-corrected chi connectivity index (χ0v) is 7.65. The molecule has 5 nitrogen and oxygen atoms in total. The van der Waals surface area contributed by atoms with Crippen molar-refractivity contribution < 1.29 is 9.59 Å². The number of amides is 3. The Balaban J connectivity index is 2.44. The molecule has 2 heterocycles. The van der Waals surface area contributed by atoms with Gasteiger partial charge in [0.05, 0.1) is 18.4 Å². The average Bonchev–Trinajstić information content (AvgIpc) is 2.48. The molecule has 5 heteroatoms. The van der Waals surface area contributed by atoms with Gasteiger partial charge in [-0.1, -0.05) is 0 Å². The Hall–Kier alpha value is -1.91. The summed E-state index contributed by atoms with van der Waals surface area (Å²) >= 11 is 0. The number of carbonyl (C=O) groups excluding carboxylic acids is 2. The topological polar surface area (TPSA) is 62.3 Å². The molecule has 0 aliphatic carbocycles. The number of imide groups is 1. The molecule has 0 atom stereocenters. The van der Waals surface area contributed by atoms with Crippen LogP contribution in [-0.2, 0) is 4.79 Å². The summed E-state index contributed by atoms with van der Waals surface area (Å²) < 4.78 is 0. The van der Waals surface area contributed by atoms with Crippen molar-refractivity contribution >= 4 is 17.6 Å². The summed E-state index contributed by atoms with van der Waals surface area (Å²) in [6.07, 6.45) is 3.13. The maximum Gasteiger partial charge on any atom is 0.329 e. The van der Waals surface area contributed by atoms with Gasteiger partial charge in [0.2, 0.25) is 0 Å². The lowest BCUT2D eigenvalue weighted by molar-refractivity contribution is -0.115. The number of nitrogens with zero attached hydrogens (tertiary/aromatic N) is 2. The summed E-state index contributed by atoms with van der Waals surface area (Å²) in [5.74, 6) is -0.244. The predicted molar refractivity (Wildman–Crippen MR) is 49.9 cm³/mol. The molecule has 1 aliphatic heterocycles. The maximum absolute atomic E-state index is 11.4. The maximum atomic E-state index is 11.4. The Bertz CT molecular complexity index is 387. The van der Waals surface area contributed by atoms with E-state index in [1.807, 2.05) is 6.92 Å². The lowest BCUT2D eigenvalue weighted by Crippen LogP contribution is -2.31. The van der Waals surface area contributed by atoms with Crippen LogP contribution >= 0.6 is 0 Å². The summed E-state index contributed by atoms with van der Waals surface area (Å²) in [4.78, 5) is 27.7. The van der Waals surface area contributed by atoms with E-state index in [-0.39, 0.29) is 18.5 Å². The zero-order chi connectivity index (χ0) is 10.1. The fourth-order valence-electron chi connectivity index (χ4n) is 1.36. The van der Waals surface area contributed by atoms with E-state index in [1.165, 1.54) is 6.20 Å². The van der Waals surface area contributed by atoms with Crippen LogP contribution in [0.1, 0.15) is 5.56 Å². The van der Waals surface area contributed by atoms with Crippen LogP contribution in [0.4, 0.5) is 10.5 Å². The quantitative estimate of drug-likeness (QED) is 0.655. The normalized spacial score (nSPS) is 15.9. The molecule has 0 spiro atoms. The fraction of sp³-hybridized carbons (Fsp3) is 0.222. The molecule has 3 amide bonds. The molecule has 1 N–H and O–H groups in total. The van der Waals surface area contributed by atoms with Crippen LogP contribution in [0.25, 0.3) is 0 Å². The van der Waals surface area contributed by atoms with E-state index in [9.17, 15) is 9.59 Å². The largest absolute Gasteiger partial charge is 0.329 e. The second kappa shape index (κ2) is 3.10. The highest BCUT2D eigenvalue weighted by Gasteiger charge is 2.30. The van der Waals surface area contributed by atoms with Gasteiger partial charge in [0, 0.05) is 6.20 Å². The molecule has 0 radical (unpaired) electrons. The summed E-state index contributed by atoms with van der Waals surface area (Å²) in [6, 6.07) is 1.37. The first-order chi connectivity index (χ1) is 6.70. The Kier molecular flexibility index (Phi) is 1.92. The van der Waals surface area contributed by atoms with Crippen LogP contribution in [0.5, 0.6) is 0 Å². The molecule has 2 rings (SSSR count). The first-order valence-corrected chi connectivity index (χ1v) is 4.21. The molecule has 1 aromatic heterocycles. The van der Waals surface area contributed by atoms with E-state index in [0.717, 1.165) is 10.5 Å². The molecule has 0 unspecified atom stereocenters. The third-order valence-corrected chi connectivity index (χ3v) is 2.10. The standard InChI is InChI=1S/C9H9N3O2/c1-6-2-3-10-4-7(6)12-8(13)5-11-9(12)14/h2-4H,5H2,1H3,(H,11,14). The zero-order valence-electron chi connectivity index (χ0n) is 7.65. The fourth-order valence-corrected chi connectivity index (χ4v) is 1.36. The van der Waals surface area contributed by atoms with Crippen molar-refractivity contribution in [2.75, 3.05) is 11.4 Å². The SMILES string of the molecule is Cc1ccncc1N1C(=O)CNC1=O. The van der Waals surface area contributed by atoms with E-state index in [4.69, 9.17) is 0 Å². The number of hydrogen-bond acceptors (Lipinski definition) is 3. The summed E-state index contributed by atoms with van der Waals surface area (Å²) in [5, 5.41) is 2.45. The third-order valence-electron chi connectivity index (χ3n) is 2.10. The highest BCUT2D eigenvalue weighted by molar-refractivity contribution is 6.20. The number of aryl methyl sites for hydroxylation is 1. The van der Waals surface area contributed by atoms with Crippen molar-refractivity contribution in [3.05, 3.63) is 24.0 Å². The first-order valence-electron chi connectivity index (χ1n) is 4.21. The number of hydrogen-bond donors (Lipinski definition) is 1. The van der Waals surface area contributed by atoms with E-state index >= 15 is 0 Å². The number of pyridine rings is 1. The van der Waals surface area contributed by atoms with Gasteiger partial charge < -0.3 is 5.32 Å². The van der Waals surface area contributed by atoms with Crippen molar-refractivity contribution in [1.29, 1.82) is 0 Å². The molecule has 72 valence electrons. The van der Waals surface area contributed by atoms with Crippen molar-refractivity contribution in [2.24, 2.45) is 0 Å². The number of urea groups is 1. The van der Waals surface area contributed by atoms with E-state index in [1.54, 1.807) is 12.3 Å².